The van der Waals surface area contributed by atoms with Crippen LogP contribution in [-0.4, -0.2) is 20.7 Å². The fraction of sp³-hybridized carbons (Fsp3) is 0. The summed E-state index contributed by atoms with van der Waals surface area (Å²) in [6.45, 7) is 0. The molecule has 2 aromatic heterocycles. The third-order valence-corrected chi connectivity index (χ3v) is 3.97. The molecule has 2 heterocycles. The van der Waals surface area contributed by atoms with Gasteiger partial charge in [0.1, 0.15) is 11.3 Å². The molecule has 0 saturated carbocycles. The first-order valence-corrected chi connectivity index (χ1v) is 7.61. The molecule has 0 saturated heterocycles. The Morgan fingerprint density at radius 3 is 2.56 bits per heavy atom. The topological polar surface area (TPSA) is 73.8 Å². The standard InChI is InChI=1S/C19H13FN4O/c20-15-8-14-11-24(23-18(14)17(9-15)19(21)25)16-5-3-12(4-6-16)13-2-1-7-22-10-13/h1-11H,(H2,21,25). The lowest BCUT2D eigenvalue weighted by molar-refractivity contribution is 0.100. The average molecular weight is 332 g/mol. The van der Waals surface area contributed by atoms with Crippen molar-refractivity contribution in [2.75, 3.05) is 0 Å². The number of benzene rings is 2. The molecule has 0 aliphatic carbocycles. The SMILES string of the molecule is NC(=O)c1cc(F)cc2cn(-c3ccc(-c4cccnc4)cc3)nc12. The summed E-state index contributed by atoms with van der Waals surface area (Å²) in [5.74, 6) is -1.23. The molecule has 1 amide bonds. The van der Waals surface area contributed by atoms with Gasteiger partial charge in [-0.15, -0.1) is 0 Å². The highest BCUT2D eigenvalue weighted by atomic mass is 19.1. The third kappa shape index (κ3) is 2.74. The van der Waals surface area contributed by atoms with E-state index in [0.717, 1.165) is 22.9 Å². The monoisotopic (exact) mass is 332 g/mol. The number of nitrogens with zero attached hydrogens (tertiary/aromatic N) is 3. The summed E-state index contributed by atoms with van der Waals surface area (Å²) in [5, 5.41) is 4.90. The second-order valence-electron chi connectivity index (χ2n) is 5.62. The van der Waals surface area contributed by atoms with Gasteiger partial charge in [-0.25, -0.2) is 9.07 Å². The molecule has 0 fully saturated rings. The second-order valence-corrected chi connectivity index (χ2v) is 5.62. The van der Waals surface area contributed by atoms with E-state index in [1.165, 1.54) is 6.07 Å². The lowest BCUT2D eigenvalue weighted by Gasteiger charge is -2.04. The van der Waals surface area contributed by atoms with Gasteiger partial charge in [-0.1, -0.05) is 18.2 Å². The van der Waals surface area contributed by atoms with Crippen LogP contribution in [0.5, 0.6) is 0 Å². The van der Waals surface area contributed by atoms with Crippen molar-refractivity contribution in [3.05, 3.63) is 78.5 Å². The smallest absolute Gasteiger partial charge is 0.251 e. The number of carbonyl (C=O) groups is 1. The van der Waals surface area contributed by atoms with Crippen molar-refractivity contribution in [3.8, 4) is 16.8 Å². The molecular formula is C19H13FN4O. The molecule has 25 heavy (non-hydrogen) atoms. The van der Waals surface area contributed by atoms with Gasteiger partial charge in [-0.05, 0) is 41.5 Å². The zero-order valence-corrected chi connectivity index (χ0v) is 13.1. The van der Waals surface area contributed by atoms with E-state index in [4.69, 9.17) is 5.73 Å². The van der Waals surface area contributed by atoms with Crippen LogP contribution in [0.1, 0.15) is 10.4 Å². The number of primary amides is 1. The van der Waals surface area contributed by atoms with Crippen molar-refractivity contribution in [1.29, 1.82) is 0 Å². The Hall–Kier alpha value is -3.54. The van der Waals surface area contributed by atoms with Gasteiger partial charge in [0.25, 0.3) is 5.91 Å². The predicted octanol–water partition coefficient (Wildman–Crippen LogP) is 3.33. The van der Waals surface area contributed by atoms with E-state index in [0.29, 0.717) is 10.9 Å². The summed E-state index contributed by atoms with van der Waals surface area (Å²) in [4.78, 5) is 15.6. The normalized spacial score (nSPS) is 10.9. The summed E-state index contributed by atoms with van der Waals surface area (Å²) in [7, 11) is 0. The number of pyridine rings is 1. The maximum absolute atomic E-state index is 13.7. The number of halogens is 1. The number of carbonyl (C=O) groups excluding carboxylic acids is 1. The van der Waals surface area contributed by atoms with Gasteiger partial charge in [0, 0.05) is 24.0 Å². The molecule has 0 spiro atoms. The molecule has 2 aromatic carbocycles. The van der Waals surface area contributed by atoms with Gasteiger partial charge >= 0.3 is 0 Å². The number of aromatic nitrogens is 3. The van der Waals surface area contributed by atoms with Gasteiger partial charge in [-0.2, -0.15) is 5.10 Å². The Morgan fingerprint density at radius 1 is 1.08 bits per heavy atom. The fourth-order valence-corrected chi connectivity index (χ4v) is 2.76. The molecule has 4 aromatic rings. The van der Waals surface area contributed by atoms with Crippen molar-refractivity contribution in [3.63, 3.8) is 0 Å². The van der Waals surface area contributed by atoms with E-state index in [-0.39, 0.29) is 5.56 Å². The number of amides is 1. The molecule has 122 valence electrons. The Morgan fingerprint density at radius 2 is 1.88 bits per heavy atom. The maximum atomic E-state index is 13.7. The highest BCUT2D eigenvalue weighted by Gasteiger charge is 2.13. The number of nitrogens with two attached hydrogens (primary N) is 1. The average Bonchev–Trinajstić information content (AvgIpc) is 3.05. The van der Waals surface area contributed by atoms with Gasteiger partial charge in [0.05, 0.1) is 11.3 Å². The van der Waals surface area contributed by atoms with Gasteiger partial charge in [0.15, 0.2) is 0 Å². The molecular weight excluding hydrogens is 319 g/mol. The Kier molecular flexibility index (Phi) is 3.50. The number of fused-ring (bicyclic) bond motifs is 1. The minimum atomic E-state index is -0.707. The fourth-order valence-electron chi connectivity index (χ4n) is 2.76. The van der Waals surface area contributed by atoms with Crippen LogP contribution in [0.3, 0.4) is 0 Å². The first kappa shape index (κ1) is 15.0. The molecule has 0 unspecified atom stereocenters. The van der Waals surface area contributed by atoms with Crippen LogP contribution < -0.4 is 5.73 Å². The van der Waals surface area contributed by atoms with Crippen LogP contribution in [0, 0.1) is 5.82 Å². The Bertz CT molecular complexity index is 1070. The highest BCUT2D eigenvalue weighted by Crippen LogP contribution is 2.23. The molecule has 6 heteroatoms. The highest BCUT2D eigenvalue weighted by molar-refractivity contribution is 6.04. The summed E-state index contributed by atoms with van der Waals surface area (Å²) in [6, 6.07) is 14.0. The van der Waals surface area contributed by atoms with E-state index in [2.05, 4.69) is 10.1 Å². The lowest BCUT2D eigenvalue weighted by atomic mass is 10.1. The van der Waals surface area contributed by atoms with Crippen molar-refractivity contribution in [2.24, 2.45) is 5.73 Å². The largest absolute Gasteiger partial charge is 0.366 e. The molecule has 0 aliphatic rings. The quantitative estimate of drug-likeness (QED) is 0.625. The minimum absolute atomic E-state index is 0.0701. The third-order valence-electron chi connectivity index (χ3n) is 3.97. The number of hydrogen-bond donors (Lipinski definition) is 1. The van der Waals surface area contributed by atoms with E-state index in [9.17, 15) is 9.18 Å². The Balaban J connectivity index is 1.77. The molecule has 0 radical (unpaired) electrons. The van der Waals surface area contributed by atoms with Crippen LogP contribution in [0.4, 0.5) is 4.39 Å². The first-order valence-electron chi connectivity index (χ1n) is 7.61. The zero-order chi connectivity index (χ0) is 17.4. The lowest BCUT2D eigenvalue weighted by Crippen LogP contribution is -2.12. The van der Waals surface area contributed by atoms with Crippen LogP contribution >= 0.6 is 0 Å². The van der Waals surface area contributed by atoms with E-state index in [1.807, 2.05) is 36.4 Å². The molecule has 5 nitrogen and oxygen atoms in total. The summed E-state index contributed by atoms with van der Waals surface area (Å²) in [5.41, 5.74) is 8.60. The van der Waals surface area contributed by atoms with Crippen LogP contribution in [0.25, 0.3) is 27.7 Å². The van der Waals surface area contributed by atoms with Gasteiger partial charge in [0.2, 0.25) is 0 Å². The minimum Gasteiger partial charge on any atom is -0.366 e. The van der Waals surface area contributed by atoms with Crippen LogP contribution in [0.2, 0.25) is 0 Å². The number of rotatable bonds is 3. The summed E-state index contributed by atoms with van der Waals surface area (Å²) in [6.07, 6.45) is 5.19. The van der Waals surface area contributed by atoms with Gasteiger partial charge in [-0.3, -0.25) is 9.78 Å². The van der Waals surface area contributed by atoms with Gasteiger partial charge < -0.3 is 5.73 Å². The van der Waals surface area contributed by atoms with Crippen molar-refractivity contribution in [2.45, 2.75) is 0 Å². The predicted molar refractivity (Wildman–Crippen MR) is 92.8 cm³/mol. The van der Waals surface area contributed by atoms with Crippen LogP contribution in [0.15, 0.2) is 67.1 Å². The van der Waals surface area contributed by atoms with E-state index in [1.54, 1.807) is 23.3 Å². The van der Waals surface area contributed by atoms with Crippen molar-refractivity contribution in [1.82, 2.24) is 14.8 Å². The van der Waals surface area contributed by atoms with E-state index >= 15 is 0 Å². The number of hydrogen-bond acceptors (Lipinski definition) is 3. The summed E-state index contributed by atoms with van der Waals surface area (Å²) < 4.78 is 15.3. The molecule has 2 N–H and O–H groups in total. The molecule has 0 bridgehead atoms. The maximum Gasteiger partial charge on any atom is 0.251 e. The zero-order valence-electron chi connectivity index (χ0n) is 13.1. The summed E-state index contributed by atoms with van der Waals surface area (Å²) >= 11 is 0. The molecule has 0 aliphatic heterocycles. The van der Waals surface area contributed by atoms with Crippen LogP contribution in [-0.2, 0) is 0 Å². The molecule has 0 atom stereocenters. The first-order chi connectivity index (χ1) is 12.1. The Labute approximate surface area is 142 Å². The molecule has 4 rings (SSSR count). The second kappa shape index (κ2) is 5.83. The van der Waals surface area contributed by atoms with Crippen molar-refractivity contribution < 1.29 is 9.18 Å². The van der Waals surface area contributed by atoms with E-state index < -0.39 is 11.7 Å². The van der Waals surface area contributed by atoms with Crippen molar-refractivity contribution >= 4 is 16.8 Å².